The first-order valence-corrected chi connectivity index (χ1v) is 10.0. The Kier molecular flexibility index (Phi) is 5.36. The van der Waals surface area contributed by atoms with Crippen molar-refractivity contribution in [1.82, 2.24) is 14.7 Å². The molecule has 0 unspecified atom stereocenters. The quantitative estimate of drug-likeness (QED) is 0.897. The van der Waals surface area contributed by atoms with Crippen LogP contribution in [-0.4, -0.2) is 52.6 Å². The van der Waals surface area contributed by atoms with Gasteiger partial charge in [0.25, 0.3) is 0 Å². The summed E-state index contributed by atoms with van der Waals surface area (Å²) in [4.78, 5) is 5.10. The van der Waals surface area contributed by atoms with E-state index in [2.05, 4.69) is 37.8 Å². The summed E-state index contributed by atoms with van der Waals surface area (Å²) in [6.45, 7) is 6.98. The Bertz CT molecular complexity index is 748. The van der Waals surface area contributed by atoms with Crippen LogP contribution in [0.4, 0.5) is 5.69 Å². The van der Waals surface area contributed by atoms with Crippen LogP contribution in [0, 0.1) is 0 Å². The Morgan fingerprint density at radius 1 is 1.11 bits per heavy atom. The summed E-state index contributed by atoms with van der Waals surface area (Å²) in [6.07, 6.45) is 2.99. The number of ether oxygens (including phenoxy) is 1. The van der Waals surface area contributed by atoms with Crippen molar-refractivity contribution in [3.8, 4) is 5.75 Å². The average molecular weight is 370 g/mol. The molecule has 6 heteroatoms. The summed E-state index contributed by atoms with van der Waals surface area (Å²) in [5.74, 6) is 0.909. The summed E-state index contributed by atoms with van der Waals surface area (Å²) in [7, 11) is 1.71. The minimum atomic E-state index is -0.495. The largest absolute Gasteiger partial charge is 0.497 e. The van der Waals surface area contributed by atoms with E-state index < -0.39 is 6.10 Å². The lowest BCUT2D eigenvalue weighted by Gasteiger charge is -2.39. The highest BCUT2D eigenvalue weighted by atomic mass is 16.5. The van der Waals surface area contributed by atoms with Gasteiger partial charge in [-0.15, -0.1) is 0 Å². The highest BCUT2D eigenvalue weighted by molar-refractivity contribution is 5.49. The van der Waals surface area contributed by atoms with E-state index in [1.54, 1.807) is 14.0 Å². The second-order valence-electron chi connectivity index (χ2n) is 7.70. The van der Waals surface area contributed by atoms with Crippen LogP contribution in [0.5, 0.6) is 5.75 Å². The van der Waals surface area contributed by atoms with Crippen LogP contribution in [0.25, 0.3) is 0 Å². The lowest BCUT2D eigenvalue weighted by atomic mass is 10.0. The van der Waals surface area contributed by atoms with Crippen molar-refractivity contribution >= 4 is 5.69 Å². The van der Waals surface area contributed by atoms with Gasteiger partial charge in [-0.25, -0.2) is 0 Å². The molecule has 2 aliphatic rings. The van der Waals surface area contributed by atoms with Crippen molar-refractivity contribution in [2.24, 2.45) is 0 Å². The number of aromatic nitrogens is 2. The SMILES string of the molecule is COc1ccc(N2CCC(N3CCCn4nc([C@@H](C)O)cc4C3)CC2)cc1. The number of aliphatic hydroxyl groups is 1. The molecule has 2 aromatic rings. The van der Waals surface area contributed by atoms with Gasteiger partial charge in [-0.05, 0) is 56.5 Å². The number of rotatable bonds is 4. The standard InChI is InChI=1S/C21H30N4O2/c1-16(26)21-14-19-15-24(10-3-11-25(19)22-21)18-8-12-23(13-9-18)17-4-6-20(27-2)7-5-17/h4-7,14,16,18,26H,3,8-13,15H2,1-2H3/t16-/m1/s1. The van der Waals surface area contributed by atoms with Gasteiger partial charge in [-0.1, -0.05) is 0 Å². The van der Waals surface area contributed by atoms with Crippen LogP contribution >= 0.6 is 0 Å². The Labute approximate surface area is 161 Å². The molecule has 1 aromatic heterocycles. The Morgan fingerprint density at radius 3 is 2.52 bits per heavy atom. The van der Waals surface area contributed by atoms with Crippen LogP contribution in [0.2, 0.25) is 0 Å². The van der Waals surface area contributed by atoms with Crippen LogP contribution in [0.3, 0.4) is 0 Å². The molecule has 0 amide bonds. The smallest absolute Gasteiger partial charge is 0.119 e. The molecular formula is C21H30N4O2. The van der Waals surface area contributed by atoms with Gasteiger partial charge in [-0.2, -0.15) is 5.10 Å². The molecule has 27 heavy (non-hydrogen) atoms. The van der Waals surface area contributed by atoms with Crippen LogP contribution < -0.4 is 9.64 Å². The summed E-state index contributed by atoms with van der Waals surface area (Å²) in [5.41, 5.74) is 3.31. The molecule has 1 fully saturated rings. The molecule has 1 saturated heterocycles. The molecule has 0 bridgehead atoms. The number of hydrogen-bond donors (Lipinski definition) is 1. The topological polar surface area (TPSA) is 53.8 Å². The molecule has 0 spiro atoms. The number of piperidine rings is 1. The van der Waals surface area contributed by atoms with E-state index >= 15 is 0 Å². The summed E-state index contributed by atoms with van der Waals surface area (Å²) < 4.78 is 7.35. The van der Waals surface area contributed by atoms with Gasteiger partial charge in [0, 0.05) is 44.5 Å². The zero-order valence-corrected chi connectivity index (χ0v) is 16.3. The van der Waals surface area contributed by atoms with E-state index in [0.29, 0.717) is 6.04 Å². The number of fused-ring (bicyclic) bond motifs is 1. The molecule has 4 rings (SSSR count). The number of methoxy groups -OCH3 is 1. The molecule has 2 aliphatic heterocycles. The molecule has 3 heterocycles. The van der Waals surface area contributed by atoms with E-state index in [0.717, 1.165) is 50.6 Å². The zero-order chi connectivity index (χ0) is 18.8. The minimum absolute atomic E-state index is 0.495. The Hall–Kier alpha value is -2.05. The number of benzene rings is 1. The molecule has 0 saturated carbocycles. The van der Waals surface area contributed by atoms with Crippen molar-refractivity contribution in [2.45, 2.75) is 51.4 Å². The van der Waals surface area contributed by atoms with Crippen LogP contribution in [0.15, 0.2) is 30.3 Å². The Balaban J connectivity index is 1.38. The summed E-state index contributed by atoms with van der Waals surface area (Å²) >= 11 is 0. The van der Waals surface area contributed by atoms with Gasteiger partial charge in [-0.3, -0.25) is 9.58 Å². The zero-order valence-electron chi connectivity index (χ0n) is 16.3. The molecule has 1 N–H and O–H groups in total. The van der Waals surface area contributed by atoms with E-state index in [4.69, 9.17) is 4.74 Å². The van der Waals surface area contributed by atoms with Gasteiger partial charge < -0.3 is 14.7 Å². The van der Waals surface area contributed by atoms with Gasteiger partial charge in [0.15, 0.2) is 0 Å². The first-order valence-electron chi connectivity index (χ1n) is 10.0. The van der Waals surface area contributed by atoms with E-state index in [9.17, 15) is 5.11 Å². The van der Waals surface area contributed by atoms with Crippen molar-refractivity contribution in [2.75, 3.05) is 31.6 Å². The second-order valence-corrected chi connectivity index (χ2v) is 7.70. The molecule has 1 aromatic carbocycles. The van der Waals surface area contributed by atoms with Gasteiger partial charge in [0.05, 0.1) is 24.6 Å². The third-order valence-electron chi connectivity index (χ3n) is 5.91. The maximum atomic E-state index is 9.83. The lowest BCUT2D eigenvalue weighted by molar-refractivity contribution is 0.162. The normalized spacial score (nSPS) is 20.2. The molecule has 0 radical (unpaired) electrons. The molecule has 1 atom stereocenters. The first kappa shape index (κ1) is 18.3. The van der Waals surface area contributed by atoms with Crippen LogP contribution in [-0.2, 0) is 13.1 Å². The third-order valence-corrected chi connectivity index (χ3v) is 5.91. The first-order chi connectivity index (χ1) is 13.1. The monoisotopic (exact) mass is 370 g/mol. The molecular weight excluding hydrogens is 340 g/mol. The fraction of sp³-hybridized carbons (Fsp3) is 0.571. The predicted octanol–water partition coefficient (Wildman–Crippen LogP) is 2.82. The van der Waals surface area contributed by atoms with E-state index in [1.165, 1.54) is 24.2 Å². The number of hydrogen-bond acceptors (Lipinski definition) is 5. The highest BCUT2D eigenvalue weighted by Gasteiger charge is 2.27. The maximum absolute atomic E-state index is 9.83. The van der Waals surface area contributed by atoms with Gasteiger partial charge in [0.1, 0.15) is 5.75 Å². The number of aryl methyl sites for hydroxylation is 1. The van der Waals surface area contributed by atoms with Crippen molar-refractivity contribution < 1.29 is 9.84 Å². The number of anilines is 1. The average Bonchev–Trinajstić information content (AvgIpc) is 3.00. The fourth-order valence-electron chi connectivity index (χ4n) is 4.31. The molecule has 146 valence electrons. The lowest BCUT2D eigenvalue weighted by Crippen LogP contribution is -2.44. The Morgan fingerprint density at radius 2 is 1.85 bits per heavy atom. The van der Waals surface area contributed by atoms with Gasteiger partial charge in [0.2, 0.25) is 0 Å². The van der Waals surface area contributed by atoms with Crippen molar-refractivity contribution in [3.05, 3.63) is 41.7 Å². The van der Waals surface area contributed by atoms with Crippen LogP contribution in [0.1, 0.15) is 43.7 Å². The molecule has 6 nitrogen and oxygen atoms in total. The molecule has 0 aliphatic carbocycles. The minimum Gasteiger partial charge on any atom is -0.497 e. The van der Waals surface area contributed by atoms with Crippen molar-refractivity contribution in [1.29, 1.82) is 0 Å². The number of nitrogens with zero attached hydrogens (tertiary/aromatic N) is 4. The maximum Gasteiger partial charge on any atom is 0.119 e. The van der Waals surface area contributed by atoms with Gasteiger partial charge >= 0.3 is 0 Å². The highest BCUT2D eigenvalue weighted by Crippen LogP contribution is 2.27. The third kappa shape index (κ3) is 3.96. The summed E-state index contributed by atoms with van der Waals surface area (Å²) in [5, 5.41) is 14.4. The van der Waals surface area contributed by atoms with E-state index in [-0.39, 0.29) is 0 Å². The predicted molar refractivity (Wildman–Crippen MR) is 106 cm³/mol. The van der Waals surface area contributed by atoms with Crippen molar-refractivity contribution in [3.63, 3.8) is 0 Å². The van der Waals surface area contributed by atoms with E-state index in [1.807, 2.05) is 12.1 Å². The second kappa shape index (κ2) is 7.90. The fourth-order valence-corrected chi connectivity index (χ4v) is 4.31. The summed E-state index contributed by atoms with van der Waals surface area (Å²) in [6, 6.07) is 11.1. The number of aliphatic hydroxyl groups excluding tert-OH is 1.